The molecule has 1 aliphatic heterocycles. The molecule has 2 aromatic rings. The van der Waals surface area contributed by atoms with E-state index in [2.05, 4.69) is 15.6 Å². The molecule has 130 valence electrons. The van der Waals surface area contributed by atoms with Crippen LogP contribution in [0, 0.1) is 0 Å². The van der Waals surface area contributed by atoms with Crippen molar-refractivity contribution >= 4 is 57.3 Å². The number of hydrogen-bond donors (Lipinski definition) is 2. The van der Waals surface area contributed by atoms with Gasteiger partial charge in [0.25, 0.3) is 0 Å². The molecule has 1 unspecified atom stereocenters. The van der Waals surface area contributed by atoms with Gasteiger partial charge in [0.15, 0.2) is 5.13 Å². The minimum absolute atomic E-state index is 0.114. The largest absolute Gasteiger partial charge is 0.324 e. The summed E-state index contributed by atoms with van der Waals surface area (Å²) >= 11 is 8.89. The van der Waals surface area contributed by atoms with Crippen LogP contribution >= 0.6 is 34.7 Å². The minimum Gasteiger partial charge on any atom is -0.324 e. The lowest BCUT2D eigenvalue weighted by Crippen LogP contribution is -2.32. The molecular weight excluding hydrogens is 378 g/mol. The number of amides is 2. The van der Waals surface area contributed by atoms with E-state index in [1.165, 1.54) is 23.1 Å². The Morgan fingerprint density at radius 3 is 3.04 bits per heavy atom. The first-order valence-electron chi connectivity index (χ1n) is 8.14. The van der Waals surface area contributed by atoms with Crippen molar-refractivity contribution in [2.75, 3.05) is 10.6 Å². The van der Waals surface area contributed by atoms with E-state index >= 15 is 0 Å². The number of carbonyl (C=O) groups is 2. The maximum Gasteiger partial charge on any atom is 0.238 e. The Bertz CT molecular complexity index is 829. The van der Waals surface area contributed by atoms with E-state index in [0.29, 0.717) is 15.8 Å². The quantitative estimate of drug-likeness (QED) is 0.822. The van der Waals surface area contributed by atoms with Gasteiger partial charge in [0.1, 0.15) is 0 Å². The summed E-state index contributed by atoms with van der Waals surface area (Å²) < 4.78 is 0. The van der Waals surface area contributed by atoms with Gasteiger partial charge in [-0.3, -0.25) is 9.59 Å². The van der Waals surface area contributed by atoms with Crippen LogP contribution in [0.5, 0.6) is 0 Å². The molecule has 1 atom stereocenters. The van der Waals surface area contributed by atoms with Crippen molar-refractivity contribution in [3.63, 3.8) is 0 Å². The molecular formula is C17H16ClN3O2S2. The van der Waals surface area contributed by atoms with Crippen LogP contribution in [-0.2, 0) is 22.4 Å². The monoisotopic (exact) mass is 393 g/mol. The van der Waals surface area contributed by atoms with Crippen LogP contribution in [0.25, 0.3) is 0 Å². The third-order valence-corrected chi connectivity index (χ3v) is 6.81. The highest BCUT2D eigenvalue weighted by Crippen LogP contribution is 2.38. The Kier molecular flexibility index (Phi) is 4.71. The van der Waals surface area contributed by atoms with Gasteiger partial charge >= 0.3 is 0 Å². The average molecular weight is 394 g/mol. The van der Waals surface area contributed by atoms with Gasteiger partial charge in [-0.1, -0.05) is 11.6 Å². The topological polar surface area (TPSA) is 71.1 Å². The summed E-state index contributed by atoms with van der Waals surface area (Å²) in [4.78, 5) is 31.3. The zero-order valence-electron chi connectivity index (χ0n) is 13.3. The Morgan fingerprint density at radius 2 is 2.20 bits per heavy atom. The van der Waals surface area contributed by atoms with Crippen LogP contribution in [0.15, 0.2) is 23.1 Å². The van der Waals surface area contributed by atoms with Crippen molar-refractivity contribution < 1.29 is 9.59 Å². The van der Waals surface area contributed by atoms with Crippen LogP contribution in [0.4, 0.5) is 10.8 Å². The first-order chi connectivity index (χ1) is 12.1. The van der Waals surface area contributed by atoms with Gasteiger partial charge < -0.3 is 10.6 Å². The van der Waals surface area contributed by atoms with Crippen molar-refractivity contribution in [3.05, 3.63) is 33.8 Å². The fourth-order valence-electron chi connectivity index (χ4n) is 3.00. The van der Waals surface area contributed by atoms with Gasteiger partial charge in [0, 0.05) is 21.2 Å². The Hall–Kier alpha value is -1.57. The highest BCUT2D eigenvalue weighted by molar-refractivity contribution is 8.01. The second kappa shape index (κ2) is 6.97. The van der Waals surface area contributed by atoms with E-state index < -0.39 is 5.25 Å². The Labute approximate surface area is 158 Å². The normalized spacial score (nSPS) is 18.9. The van der Waals surface area contributed by atoms with Gasteiger partial charge in [-0.05, 0) is 43.9 Å². The summed E-state index contributed by atoms with van der Waals surface area (Å²) in [7, 11) is 0. The van der Waals surface area contributed by atoms with Crippen molar-refractivity contribution in [2.24, 2.45) is 0 Å². The first-order valence-corrected chi connectivity index (χ1v) is 10.2. The lowest BCUT2D eigenvalue weighted by molar-refractivity contribution is -0.120. The number of halogens is 1. The predicted molar refractivity (Wildman–Crippen MR) is 102 cm³/mol. The summed E-state index contributed by atoms with van der Waals surface area (Å²) in [5.74, 6) is -0.357. The number of benzene rings is 1. The number of anilines is 2. The maximum atomic E-state index is 12.3. The number of aryl methyl sites for hydroxylation is 2. The molecule has 1 aromatic heterocycles. The third kappa shape index (κ3) is 3.68. The molecule has 1 aliphatic carbocycles. The second-order valence-corrected chi connectivity index (χ2v) is 8.85. The number of thioether (sulfide) groups is 1. The SMILES string of the molecule is O=C(CC1Sc2ccc(Cl)cc2NC1=O)Nc1nc2c(s1)CCCC2. The van der Waals surface area contributed by atoms with Gasteiger partial charge in [-0.25, -0.2) is 4.98 Å². The molecule has 8 heteroatoms. The predicted octanol–water partition coefficient (Wildman–Crippen LogP) is 4.12. The summed E-state index contributed by atoms with van der Waals surface area (Å²) in [6.07, 6.45) is 4.49. The minimum atomic E-state index is -0.455. The van der Waals surface area contributed by atoms with E-state index in [-0.39, 0.29) is 18.2 Å². The van der Waals surface area contributed by atoms with Crippen LogP contribution < -0.4 is 10.6 Å². The summed E-state index contributed by atoms with van der Waals surface area (Å²) in [6.45, 7) is 0. The van der Waals surface area contributed by atoms with E-state index in [4.69, 9.17) is 11.6 Å². The smallest absolute Gasteiger partial charge is 0.238 e. The summed E-state index contributed by atoms with van der Waals surface area (Å²) in [5.41, 5.74) is 1.81. The van der Waals surface area contributed by atoms with Crippen molar-refractivity contribution in [2.45, 2.75) is 42.2 Å². The molecule has 2 N–H and O–H groups in total. The van der Waals surface area contributed by atoms with Gasteiger partial charge in [0.05, 0.1) is 16.6 Å². The number of aromatic nitrogens is 1. The standard InChI is InChI=1S/C17H16ClN3O2S2/c18-9-5-6-13-11(7-9)19-16(23)14(24-13)8-15(22)21-17-20-10-3-1-2-4-12(10)25-17/h5-7,14H,1-4,8H2,(H,19,23)(H,20,21,22). The number of fused-ring (bicyclic) bond motifs is 2. The first kappa shape index (κ1) is 16.9. The number of hydrogen-bond acceptors (Lipinski definition) is 5. The van der Waals surface area contributed by atoms with Crippen molar-refractivity contribution in [1.29, 1.82) is 0 Å². The molecule has 0 radical (unpaired) electrons. The molecule has 25 heavy (non-hydrogen) atoms. The lowest BCUT2D eigenvalue weighted by Gasteiger charge is -2.23. The van der Waals surface area contributed by atoms with E-state index in [1.54, 1.807) is 23.5 Å². The molecule has 0 saturated heterocycles. The highest BCUT2D eigenvalue weighted by atomic mass is 35.5. The van der Waals surface area contributed by atoms with Gasteiger partial charge in [0.2, 0.25) is 11.8 Å². The molecule has 4 rings (SSSR count). The number of rotatable bonds is 3. The lowest BCUT2D eigenvalue weighted by atomic mass is 10.0. The van der Waals surface area contributed by atoms with E-state index in [1.807, 2.05) is 6.07 Å². The molecule has 1 aromatic carbocycles. The number of nitrogens with zero attached hydrogens (tertiary/aromatic N) is 1. The molecule has 0 saturated carbocycles. The average Bonchev–Trinajstić information content (AvgIpc) is 2.97. The Morgan fingerprint density at radius 1 is 1.36 bits per heavy atom. The van der Waals surface area contributed by atoms with Gasteiger partial charge in [-0.2, -0.15) is 0 Å². The van der Waals surface area contributed by atoms with Crippen LogP contribution in [0.2, 0.25) is 5.02 Å². The number of carbonyl (C=O) groups excluding carboxylic acids is 2. The van der Waals surface area contributed by atoms with Crippen LogP contribution in [0.3, 0.4) is 0 Å². The van der Waals surface area contributed by atoms with Gasteiger partial charge in [-0.15, -0.1) is 23.1 Å². The fraction of sp³-hybridized carbons (Fsp3) is 0.353. The number of thiazole rings is 1. The molecule has 5 nitrogen and oxygen atoms in total. The molecule has 2 heterocycles. The fourth-order valence-corrected chi connectivity index (χ4v) is 5.33. The number of nitrogens with one attached hydrogen (secondary N) is 2. The summed E-state index contributed by atoms with van der Waals surface area (Å²) in [6, 6.07) is 5.36. The molecule has 0 spiro atoms. The molecule has 0 fully saturated rings. The van der Waals surface area contributed by atoms with E-state index in [9.17, 15) is 9.59 Å². The third-order valence-electron chi connectivity index (χ3n) is 4.22. The molecule has 0 bridgehead atoms. The zero-order valence-corrected chi connectivity index (χ0v) is 15.7. The Balaban J connectivity index is 1.41. The van der Waals surface area contributed by atoms with Crippen LogP contribution in [0.1, 0.15) is 29.8 Å². The molecule has 2 aliphatic rings. The van der Waals surface area contributed by atoms with E-state index in [0.717, 1.165) is 29.9 Å². The van der Waals surface area contributed by atoms with Crippen LogP contribution in [-0.4, -0.2) is 22.0 Å². The molecule has 2 amide bonds. The van der Waals surface area contributed by atoms with Crippen molar-refractivity contribution in [1.82, 2.24) is 4.98 Å². The highest BCUT2D eigenvalue weighted by Gasteiger charge is 2.29. The summed E-state index contributed by atoms with van der Waals surface area (Å²) in [5, 5.41) is 6.44. The second-order valence-electron chi connectivity index (χ2n) is 6.08. The maximum absolute atomic E-state index is 12.3. The zero-order chi connectivity index (χ0) is 17.4. The van der Waals surface area contributed by atoms with Crippen molar-refractivity contribution in [3.8, 4) is 0 Å².